The zero-order valence-corrected chi connectivity index (χ0v) is 7.60. The molecule has 2 N–H and O–H groups in total. The Morgan fingerprint density at radius 2 is 2.36 bits per heavy atom. The predicted octanol–water partition coefficient (Wildman–Crippen LogP) is 1.64. The van der Waals surface area contributed by atoms with E-state index in [1.807, 2.05) is 0 Å². The maximum atomic E-state index is 11.7. The van der Waals surface area contributed by atoms with Crippen LogP contribution in [0.1, 0.15) is 35.8 Å². The first-order chi connectivity index (χ1) is 9.91. The van der Waals surface area contributed by atoms with Gasteiger partial charge in [-0.05, 0) is 12.5 Å². The molecule has 3 nitrogen and oxygen atoms in total. The van der Waals surface area contributed by atoms with Crippen LogP contribution in [0.3, 0.4) is 0 Å². The molecule has 0 saturated carbocycles. The highest BCUT2D eigenvalue weighted by Crippen LogP contribution is 2.13. The number of nitrogens with two attached hydrogens (primary N) is 1. The first-order valence-electron chi connectivity index (χ1n) is 7.94. The largest absolute Gasteiger partial charge is 0.466 e. The Morgan fingerprint density at radius 1 is 1.71 bits per heavy atom. The van der Waals surface area contributed by atoms with E-state index in [0.717, 1.165) is 0 Å². The van der Waals surface area contributed by atoms with E-state index >= 15 is 0 Å². The van der Waals surface area contributed by atoms with Gasteiger partial charge in [0.25, 0.3) is 0 Å². The van der Waals surface area contributed by atoms with E-state index in [2.05, 4.69) is 4.74 Å². The van der Waals surface area contributed by atoms with Crippen LogP contribution in [0, 0.1) is 0 Å². The molecule has 1 aromatic rings. The van der Waals surface area contributed by atoms with E-state index in [-0.39, 0.29) is 6.61 Å². The fraction of sp³-hybridized carbons (Fsp3) is 0.364. The molecule has 1 aromatic carbocycles. The molecule has 3 heteroatoms. The van der Waals surface area contributed by atoms with Crippen LogP contribution in [0.15, 0.2) is 30.2 Å². The van der Waals surface area contributed by atoms with Gasteiger partial charge in [0.05, 0.1) is 21.2 Å². The van der Waals surface area contributed by atoms with E-state index in [1.165, 1.54) is 6.92 Å². The Labute approximate surface area is 95.1 Å². The van der Waals surface area contributed by atoms with Crippen molar-refractivity contribution < 1.29 is 20.5 Å². The molecule has 0 fully saturated rings. The van der Waals surface area contributed by atoms with Gasteiger partial charge in [0.2, 0.25) is 0 Å². The molecule has 0 aliphatic rings. The van der Waals surface area contributed by atoms with E-state index in [0.29, 0.717) is 0 Å². The van der Waals surface area contributed by atoms with Crippen molar-refractivity contribution >= 4 is 5.97 Å². The summed E-state index contributed by atoms with van der Waals surface area (Å²) in [6.07, 6.45) is -3.11. The van der Waals surface area contributed by atoms with Crippen LogP contribution in [0.25, 0.3) is 0 Å². The van der Waals surface area contributed by atoms with Crippen LogP contribution in [-0.2, 0) is 9.53 Å². The number of hydrogen-bond acceptors (Lipinski definition) is 3. The van der Waals surface area contributed by atoms with Gasteiger partial charge >= 0.3 is 5.97 Å². The summed E-state index contributed by atoms with van der Waals surface area (Å²) in [5.41, 5.74) is 4.75. The van der Waals surface area contributed by atoms with Crippen LogP contribution < -0.4 is 5.73 Å². The van der Waals surface area contributed by atoms with Crippen molar-refractivity contribution in [2.45, 2.75) is 19.3 Å². The number of ether oxygens (including phenoxy) is 1. The summed E-state index contributed by atoms with van der Waals surface area (Å²) in [6.45, 7) is 1.27. The third-order valence-corrected chi connectivity index (χ3v) is 1.28. The van der Waals surface area contributed by atoms with Crippen LogP contribution in [0.4, 0.5) is 0 Å². The second-order valence-corrected chi connectivity index (χ2v) is 2.26. The Balaban J connectivity index is 3.63. The molecule has 0 aliphatic heterocycles. The van der Waals surface area contributed by atoms with Gasteiger partial charge in [-0.15, -0.1) is 0 Å². The van der Waals surface area contributed by atoms with Crippen LogP contribution >= 0.6 is 0 Å². The van der Waals surface area contributed by atoms with Crippen molar-refractivity contribution in [2.75, 3.05) is 6.61 Å². The smallest absolute Gasteiger partial charge is 0.307 e. The molecule has 0 amide bonds. The van der Waals surface area contributed by atoms with Crippen molar-refractivity contribution in [2.24, 2.45) is 5.73 Å². The third kappa shape index (κ3) is 3.18. The quantitative estimate of drug-likeness (QED) is 0.753. The SMILES string of the molecule is [2H]c1c([2H])c([2H])c([C@@]([2H])(N)C([2H])([2H])C(=O)OCC)c([2H])c1[2H]. The number of rotatable bonds is 4. The summed E-state index contributed by atoms with van der Waals surface area (Å²) in [5.74, 6) is -1.45. The molecule has 14 heavy (non-hydrogen) atoms. The number of hydrogen-bond donors (Lipinski definition) is 1. The number of carbonyl (C=O) groups is 1. The van der Waals surface area contributed by atoms with Crippen molar-refractivity contribution in [1.29, 1.82) is 0 Å². The van der Waals surface area contributed by atoms with Gasteiger partial charge in [0, 0.05) is 8.76 Å². The first-order valence-corrected chi connectivity index (χ1v) is 3.94. The molecule has 1 atom stereocenters. The predicted molar refractivity (Wildman–Crippen MR) is 54.6 cm³/mol. The lowest BCUT2D eigenvalue weighted by Crippen LogP contribution is -2.17. The Bertz CT molecular complexity index is 588. The van der Waals surface area contributed by atoms with Crippen LogP contribution in [0.5, 0.6) is 0 Å². The molecule has 0 radical (unpaired) electrons. The highest BCUT2D eigenvalue weighted by molar-refractivity contribution is 5.70. The molecule has 0 spiro atoms. The van der Waals surface area contributed by atoms with Crippen molar-refractivity contribution in [3.05, 3.63) is 35.8 Å². The fourth-order valence-corrected chi connectivity index (χ4v) is 0.724. The lowest BCUT2D eigenvalue weighted by Gasteiger charge is -2.10. The maximum Gasteiger partial charge on any atom is 0.307 e. The second kappa shape index (κ2) is 5.40. The zero-order valence-electron chi connectivity index (χ0n) is 15.6. The highest BCUT2D eigenvalue weighted by Gasteiger charge is 2.11. The first kappa shape index (κ1) is 4.03. The van der Waals surface area contributed by atoms with Gasteiger partial charge in [-0.25, -0.2) is 0 Å². The standard InChI is InChI=1S/C11H15NO2/c1-2-14-11(13)8-10(12)9-6-4-3-5-7-9/h3-7,10H,2,8,12H2,1H3/t10-/m0/s1/i3D,4D,5D,6D,7D,8D2,10D. The van der Waals surface area contributed by atoms with E-state index in [4.69, 9.17) is 16.7 Å². The maximum absolute atomic E-state index is 11.7. The average Bonchev–Trinajstić information content (AvgIpc) is 2.43. The Hall–Kier alpha value is -1.35. The molecule has 76 valence electrons. The van der Waals surface area contributed by atoms with Gasteiger partial charge in [-0.1, -0.05) is 30.2 Å². The molecule has 0 saturated heterocycles. The van der Waals surface area contributed by atoms with E-state index < -0.39 is 54.1 Å². The lowest BCUT2D eigenvalue weighted by atomic mass is 10.1. The minimum absolute atomic E-state index is 0.158. The van der Waals surface area contributed by atoms with Gasteiger partial charge in [-0.2, -0.15) is 0 Å². The molecule has 0 aromatic heterocycles. The Morgan fingerprint density at radius 3 is 2.93 bits per heavy atom. The molecule has 0 heterocycles. The topological polar surface area (TPSA) is 52.3 Å². The molecule has 0 bridgehead atoms. The minimum Gasteiger partial charge on any atom is -0.466 e. The van der Waals surface area contributed by atoms with Gasteiger partial charge < -0.3 is 10.5 Å². The number of benzene rings is 1. The normalized spacial score (nSPS) is 23.6. The van der Waals surface area contributed by atoms with Crippen molar-refractivity contribution in [3.63, 3.8) is 0 Å². The zero-order chi connectivity index (χ0) is 17.5. The minimum atomic E-state index is -3.11. The molecule has 1 rings (SSSR count). The summed E-state index contributed by atoms with van der Waals surface area (Å²) in [6, 6.07) is -6.83. The molecular weight excluding hydrogens is 178 g/mol. The number of carbonyl (C=O) groups excluding carboxylic acids is 1. The monoisotopic (exact) mass is 201 g/mol. The average molecular weight is 201 g/mol. The van der Waals surface area contributed by atoms with E-state index in [9.17, 15) is 4.79 Å². The van der Waals surface area contributed by atoms with E-state index in [1.54, 1.807) is 0 Å². The van der Waals surface area contributed by atoms with Gasteiger partial charge in [0.1, 0.15) is 0 Å². The number of esters is 1. The van der Waals surface area contributed by atoms with Crippen LogP contribution in [0.2, 0.25) is 0 Å². The summed E-state index contributed by atoms with van der Waals surface area (Å²) in [4.78, 5) is 11.7. The lowest BCUT2D eigenvalue weighted by molar-refractivity contribution is -0.143. The van der Waals surface area contributed by atoms with Gasteiger partial charge in [0.15, 0.2) is 0 Å². The highest BCUT2D eigenvalue weighted by atomic mass is 16.5. The Kier molecular flexibility index (Phi) is 1.55. The summed E-state index contributed by atoms with van der Waals surface area (Å²) < 4.78 is 65.8. The third-order valence-electron chi connectivity index (χ3n) is 1.28. The summed E-state index contributed by atoms with van der Waals surface area (Å²) >= 11 is 0. The van der Waals surface area contributed by atoms with Gasteiger partial charge in [-0.3, -0.25) is 4.79 Å². The fourth-order valence-electron chi connectivity index (χ4n) is 0.724. The summed E-state index contributed by atoms with van der Waals surface area (Å²) in [7, 11) is 0. The van der Waals surface area contributed by atoms with Crippen LogP contribution in [-0.4, -0.2) is 12.6 Å². The summed E-state index contributed by atoms with van der Waals surface area (Å²) in [5, 5.41) is 0. The van der Waals surface area contributed by atoms with Crippen molar-refractivity contribution in [1.82, 2.24) is 0 Å². The molecule has 0 aliphatic carbocycles. The second-order valence-electron chi connectivity index (χ2n) is 2.26. The molecular formula is C11H15NO2. The molecule has 0 unspecified atom stereocenters. The van der Waals surface area contributed by atoms with Crippen molar-refractivity contribution in [3.8, 4) is 0 Å².